The first kappa shape index (κ1) is 11.4. The molecule has 2 saturated heterocycles. The summed E-state index contributed by atoms with van der Waals surface area (Å²) >= 11 is 0. The Morgan fingerprint density at radius 2 is 2.13 bits per heavy atom. The van der Waals surface area contributed by atoms with E-state index in [4.69, 9.17) is 9.84 Å². The highest BCUT2D eigenvalue weighted by Crippen LogP contribution is 2.22. The number of aliphatic hydroxyl groups is 1. The quantitative estimate of drug-likeness (QED) is 0.766. The molecule has 2 fully saturated rings. The molecule has 0 bridgehead atoms. The third-order valence-corrected chi connectivity index (χ3v) is 3.67. The summed E-state index contributed by atoms with van der Waals surface area (Å²) in [7, 11) is 0. The Kier molecular flexibility index (Phi) is 4.42. The number of piperidine rings is 1. The Morgan fingerprint density at radius 3 is 2.87 bits per heavy atom. The van der Waals surface area contributed by atoms with Crippen LogP contribution in [0.2, 0.25) is 0 Å². The van der Waals surface area contributed by atoms with E-state index >= 15 is 0 Å². The maximum atomic E-state index is 9.04. The van der Waals surface area contributed by atoms with Gasteiger partial charge in [0.15, 0.2) is 0 Å². The van der Waals surface area contributed by atoms with E-state index in [1.165, 1.54) is 38.6 Å². The molecule has 15 heavy (non-hydrogen) atoms. The van der Waals surface area contributed by atoms with Crippen molar-refractivity contribution in [3.05, 3.63) is 0 Å². The van der Waals surface area contributed by atoms with Crippen molar-refractivity contribution >= 4 is 0 Å². The van der Waals surface area contributed by atoms with Crippen LogP contribution >= 0.6 is 0 Å². The number of hydrogen-bond donors (Lipinski definition) is 1. The summed E-state index contributed by atoms with van der Waals surface area (Å²) < 4.78 is 5.68. The van der Waals surface area contributed by atoms with Gasteiger partial charge >= 0.3 is 0 Å². The van der Waals surface area contributed by atoms with Crippen LogP contribution in [0.3, 0.4) is 0 Å². The van der Waals surface area contributed by atoms with Gasteiger partial charge in [-0.05, 0) is 38.6 Å². The number of hydrogen-bond acceptors (Lipinski definition) is 3. The predicted molar refractivity (Wildman–Crippen MR) is 59.9 cm³/mol. The van der Waals surface area contributed by atoms with Gasteiger partial charge in [0, 0.05) is 25.8 Å². The molecule has 0 aliphatic carbocycles. The lowest BCUT2D eigenvalue weighted by molar-refractivity contribution is 0.0376. The molecule has 2 heterocycles. The fourth-order valence-electron chi connectivity index (χ4n) is 2.83. The fraction of sp³-hybridized carbons (Fsp3) is 1.00. The molecule has 2 rings (SSSR count). The van der Waals surface area contributed by atoms with Gasteiger partial charge in [0.2, 0.25) is 0 Å². The second kappa shape index (κ2) is 5.83. The Labute approximate surface area is 92.4 Å². The van der Waals surface area contributed by atoms with E-state index in [1.54, 1.807) is 0 Å². The lowest BCUT2D eigenvalue weighted by Crippen LogP contribution is -2.44. The van der Waals surface area contributed by atoms with Gasteiger partial charge in [-0.2, -0.15) is 0 Å². The summed E-state index contributed by atoms with van der Waals surface area (Å²) in [6, 6.07) is 0.605. The Morgan fingerprint density at radius 1 is 1.20 bits per heavy atom. The van der Waals surface area contributed by atoms with Crippen molar-refractivity contribution in [1.29, 1.82) is 0 Å². The minimum absolute atomic E-state index is 0.326. The second-order valence-electron chi connectivity index (χ2n) is 4.79. The van der Waals surface area contributed by atoms with E-state index in [-0.39, 0.29) is 0 Å². The zero-order valence-electron chi connectivity index (χ0n) is 9.53. The lowest BCUT2D eigenvalue weighted by atomic mass is 9.99. The lowest BCUT2D eigenvalue weighted by Gasteiger charge is -2.36. The van der Waals surface area contributed by atoms with Crippen LogP contribution in [0.4, 0.5) is 0 Å². The van der Waals surface area contributed by atoms with Gasteiger partial charge < -0.3 is 9.84 Å². The van der Waals surface area contributed by atoms with E-state index in [2.05, 4.69) is 4.90 Å². The van der Waals surface area contributed by atoms with E-state index < -0.39 is 0 Å². The third-order valence-electron chi connectivity index (χ3n) is 3.67. The largest absolute Gasteiger partial charge is 0.396 e. The normalized spacial score (nSPS) is 33.4. The molecule has 0 aromatic carbocycles. The summed E-state index contributed by atoms with van der Waals surface area (Å²) in [5.41, 5.74) is 0. The zero-order valence-corrected chi connectivity index (χ0v) is 9.53. The zero-order chi connectivity index (χ0) is 10.5. The van der Waals surface area contributed by atoms with Gasteiger partial charge in [-0.3, -0.25) is 4.90 Å². The molecule has 1 N–H and O–H groups in total. The summed E-state index contributed by atoms with van der Waals surface area (Å²) in [4.78, 5) is 2.54. The molecule has 0 radical (unpaired) electrons. The molecular weight excluding hydrogens is 190 g/mol. The second-order valence-corrected chi connectivity index (χ2v) is 4.79. The topological polar surface area (TPSA) is 32.7 Å². The number of ether oxygens (including phenoxy) is 1. The molecule has 0 saturated carbocycles. The van der Waals surface area contributed by atoms with Crippen LogP contribution in [0.1, 0.15) is 38.5 Å². The number of nitrogens with zero attached hydrogens (tertiary/aromatic N) is 1. The summed E-state index contributed by atoms with van der Waals surface area (Å²) in [6.45, 7) is 3.56. The maximum absolute atomic E-state index is 9.04. The van der Waals surface area contributed by atoms with Crippen molar-refractivity contribution in [2.24, 2.45) is 0 Å². The van der Waals surface area contributed by atoms with Gasteiger partial charge in [-0.25, -0.2) is 0 Å². The van der Waals surface area contributed by atoms with Crippen molar-refractivity contribution in [2.45, 2.75) is 50.7 Å². The minimum atomic E-state index is 0.326. The van der Waals surface area contributed by atoms with Crippen LogP contribution in [0.5, 0.6) is 0 Å². The van der Waals surface area contributed by atoms with E-state index in [9.17, 15) is 0 Å². The van der Waals surface area contributed by atoms with Crippen molar-refractivity contribution in [2.75, 3.05) is 26.3 Å². The summed E-state index contributed by atoms with van der Waals surface area (Å²) in [6.07, 6.45) is 7.75. The monoisotopic (exact) mass is 213 g/mol. The molecule has 2 aliphatic rings. The molecule has 2 unspecified atom stereocenters. The van der Waals surface area contributed by atoms with Gasteiger partial charge in [-0.1, -0.05) is 6.42 Å². The van der Waals surface area contributed by atoms with Crippen LogP contribution in [-0.2, 0) is 4.74 Å². The standard InChI is InChI=1S/C12H23NO2/c14-8-6-11-4-1-2-7-13(11)10-12-5-3-9-15-12/h11-12,14H,1-10H2. The van der Waals surface area contributed by atoms with Crippen LogP contribution in [0, 0.1) is 0 Å². The molecule has 88 valence electrons. The SMILES string of the molecule is OCCC1CCCCN1CC1CCCO1. The molecule has 0 amide bonds. The van der Waals surface area contributed by atoms with Crippen LogP contribution in [0.25, 0.3) is 0 Å². The van der Waals surface area contributed by atoms with Crippen LogP contribution in [-0.4, -0.2) is 48.5 Å². The molecule has 0 aromatic heterocycles. The fourth-order valence-corrected chi connectivity index (χ4v) is 2.83. The first-order valence-electron chi connectivity index (χ1n) is 6.36. The first-order valence-corrected chi connectivity index (χ1v) is 6.36. The highest BCUT2D eigenvalue weighted by molar-refractivity contribution is 4.80. The van der Waals surface area contributed by atoms with Gasteiger partial charge in [0.1, 0.15) is 0 Å². The Bertz CT molecular complexity index is 178. The maximum Gasteiger partial charge on any atom is 0.0702 e. The summed E-state index contributed by atoms with van der Waals surface area (Å²) in [5, 5.41) is 9.04. The molecular formula is C12H23NO2. The van der Waals surface area contributed by atoms with E-state index in [0.717, 1.165) is 19.6 Å². The third kappa shape index (κ3) is 3.16. The van der Waals surface area contributed by atoms with Crippen molar-refractivity contribution < 1.29 is 9.84 Å². The van der Waals surface area contributed by atoms with Gasteiger partial charge in [0.25, 0.3) is 0 Å². The van der Waals surface area contributed by atoms with E-state index in [1.807, 2.05) is 0 Å². The molecule has 3 nitrogen and oxygen atoms in total. The van der Waals surface area contributed by atoms with Gasteiger partial charge in [0.05, 0.1) is 6.10 Å². The average Bonchev–Trinajstić information content (AvgIpc) is 2.74. The highest BCUT2D eigenvalue weighted by Gasteiger charge is 2.26. The van der Waals surface area contributed by atoms with Crippen molar-refractivity contribution in [3.8, 4) is 0 Å². The highest BCUT2D eigenvalue weighted by atomic mass is 16.5. The minimum Gasteiger partial charge on any atom is -0.396 e. The van der Waals surface area contributed by atoms with Crippen molar-refractivity contribution in [1.82, 2.24) is 4.90 Å². The smallest absolute Gasteiger partial charge is 0.0702 e. The molecule has 2 atom stereocenters. The number of rotatable bonds is 4. The summed E-state index contributed by atoms with van der Waals surface area (Å²) in [5.74, 6) is 0. The number of likely N-dealkylation sites (tertiary alicyclic amines) is 1. The molecule has 2 aliphatic heterocycles. The average molecular weight is 213 g/mol. The molecule has 0 aromatic rings. The number of aliphatic hydroxyl groups excluding tert-OH is 1. The van der Waals surface area contributed by atoms with Crippen molar-refractivity contribution in [3.63, 3.8) is 0 Å². The molecule has 0 spiro atoms. The van der Waals surface area contributed by atoms with E-state index in [0.29, 0.717) is 18.8 Å². The first-order chi connectivity index (χ1) is 7.40. The molecule has 3 heteroatoms. The Balaban J connectivity index is 1.80. The van der Waals surface area contributed by atoms with Crippen LogP contribution in [0.15, 0.2) is 0 Å². The van der Waals surface area contributed by atoms with Crippen LogP contribution < -0.4 is 0 Å². The van der Waals surface area contributed by atoms with Gasteiger partial charge in [-0.15, -0.1) is 0 Å². The Hall–Kier alpha value is -0.120. The predicted octanol–water partition coefficient (Wildman–Crippen LogP) is 1.40.